The first-order valence-corrected chi connectivity index (χ1v) is 13.0. The largest absolute Gasteiger partial charge is 0.456 e. The molecule has 2 aromatic carbocycles. The van der Waals surface area contributed by atoms with E-state index in [0.717, 1.165) is 36.2 Å². The van der Waals surface area contributed by atoms with Crippen LogP contribution in [0.4, 0.5) is 8.78 Å². The molecule has 176 valence electrons. The maximum Gasteiger partial charge on any atom is 0.270 e. The summed E-state index contributed by atoms with van der Waals surface area (Å²) >= 11 is 0. The average molecular weight is 486 g/mol. The summed E-state index contributed by atoms with van der Waals surface area (Å²) in [5.41, 5.74) is -0.215. The van der Waals surface area contributed by atoms with Crippen LogP contribution in [0.1, 0.15) is 36.4 Å². The molecule has 1 aliphatic rings. The van der Waals surface area contributed by atoms with E-state index in [1.165, 1.54) is 18.2 Å². The van der Waals surface area contributed by atoms with Crippen molar-refractivity contribution < 1.29 is 21.6 Å². The van der Waals surface area contributed by atoms with Gasteiger partial charge < -0.3 is 4.42 Å². The standard InChI is InChI=1S/C25H21F2NO5S/c1-34(31,32)11-10-14-8-9-20-16(12-14)24(29)22-21(33-20)13-19(15-4-2-5-15)28(25(22)30)18-7-3-6-17(26)23(18)27/h3,6-9,12-13,15H,2,4-5,10-11H2,1H3. The second-order valence-electron chi connectivity index (χ2n) is 8.79. The average Bonchev–Trinajstić information content (AvgIpc) is 2.73. The van der Waals surface area contributed by atoms with Crippen LogP contribution < -0.4 is 11.0 Å². The molecule has 5 rings (SSSR count). The van der Waals surface area contributed by atoms with E-state index >= 15 is 0 Å². The molecule has 1 fully saturated rings. The highest BCUT2D eigenvalue weighted by atomic mass is 32.2. The van der Waals surface area contributed by atoms with Crippen molar-refractivity contribution in [2.75, 3.05) is 12.0 Å². The number of fused-ring (bicyclic) bond motifs is 2. The lowest BCUT2D eigenvalue weighted by atomic mass is 9.82. The van der Waals surface area contributed by atoms with Crippen LogP contribution in [0.5, 0.6) is 0 Å². The van der Waals surface area contributed by atoms with E-state index < -0.39 is 32.5 Å². The summed E-state index contributed by atoms with van der Waals surface area (Å²) < 4.78 is 58.8. The summed E-state index contributed by atoms with van der Waals surface area (Å²) in [4.78, 5) is 27.0. The van der Waals surface area contributed by atoms with E-state index in [-0.39, 0.29) is 45.7 Å². The fourth-order valence-electron chi connectivity index (χ4n) is 4.37. The highest BCUT2D eigenvalue weighted by Crippen LogP contribution is 2.38. The number of rotatable bonds is 5. The molecule has 0 amide bonds. The van der Waals surface area contributed by atoms with Crippen LogP contribution >= 0.6 is 0 Å². The number of aryl methyl sites for hydroxylation is 1. The Morgan fingerprint density at radius 3 is 2.50 bits per heavy atom. The van der Waals surface area contributed by atoms with Crippen molar-refractivity contribution in [1.29, 1.82) is 0 Å². The first-order chi connectivity index (χ1) is 16.1. The minimum absolute atomic E-state index is 0.0425. The molecule has 0 spiro atoms. The summed E-state index contributed by atoms with van der Waals surface area (Å²) in [6.45, 7) is 0. The summed E-state index contributed by atoms with van der Waals surface area (Å²) in [5.74, 6) is -2.39. The van der Waals surface area contributed by atoms with Gasteiger partial charge in [0, 0.05) is 18.0 Å². The molecular formula is C25H21F2NO5S. The predicted octanol–water partition coefficient (Wildman–Crippen LogP) is 4.23. The summed E-state index contributed by atoms with van der Waals surface area (Å²) in [6.07, 6.45) is 3.84. The van der Waals surface area contributed by atoms with Crippen LogP contribution in [0.2, 0.25) is 0 Å². The summed E-state index contributed by atoms with van der Waals surface area (Å²) in [7, 11) is -3.20. The van der Waals surface area contributed by atoms with Crippen LogP contribution in [0.25, 0.3) is 27.6 Å². The van der Waals surface area contributed by atoms with Crippen LogP contribution in [0.15, 0.2) is 56.5 Å². The van der Waals surface area contributed by atoms with E-state index in [1.54, 1.807) is 18.2 Å². The van der Waals surface area contributed by atoms with E-state index in [1.807, 2.05) is 0 Å². The zero-order valence-corrected chi connectivity index (χ0v) is 19.1. The Balaban J connectivity index is 1.79. The van der Waals surface area contributed by atoms with Crippen molar-refractivity contribution >= 4 is 31.8 Å². The van der Waals surface area contributed by atoms with Gasteiger partial charge >= 0.3 is 0 Å². The van der Waals surface area contributed by atoms with Gasteiger partial charge in [0.25, 0.3) is 5.56 Å². The topological polar surface area (TPSA) is 86.3 Å². The minimum atomic E-state index is -3.20. The summed E-state index contributed by atoms with van der Waals surface area (Å²) in [6, 6.07) is 9.92. The summed E-state index contributed by atoms with van der Waals surface area (Å²) in [5, 5.41) is -0.141. The number of benzene rings is 2. The Kier molecular flexibility index (Phi) is 5.39. The monoisotopic (exact) mass is 485 g/mol. The molecule has 0 radical (unpaired) electrons. The maximum atomic E-state index is 14.7. The third-order valence-electron chi connectivity index (χ3n) is 6.39. The first-order valence-electron chi connectivity index (χ1n) is 10.9. The molecule has 1 saturated carbocycles. The van der Waals surface area contributed by atoms with Gasteiger partial charge in [0.05, 0.1) is 16.8 Å². The molecule has 0 aliphatic heterocycles. The number of hydrogen-bond acceptors (Lipinski definition) is 5. The van der Waals surface area contributed by atoms with E-state index in [2.05, 4.69) is 0 Å². The van der Waals surface area contributed by atoms with Crippen LogP contribution in [0, 0.1) is 11.6 Å². The van der Waals surface area contributed by atoms with E-state index in [9.17, 15) is 26.8 Å². The van der Waals surface area contributed by atoms with Crippen molar-refractivity contribution in [2.45, 2.75) is 31.6 Å². The number of halogens is 2. The van der Waals surface area contributed by atoms with Gasteiger partial charge in [-0.25, -0.2) is 17.2 Å². The van der Waals surface area contributed by atoms with E-state index in [4.69, 9.17) is 4.42 Å². The Morgan fingerprint density at radius 1 is 1.06 bits per heavy atom. The van der Waals surface area contributed by atoms with Crippen LogP contribution in [0.3, 0.4) is 0 Å². The molecule has 34 heavy (non-hydrogen) atoms. The second kappa shape index (κ2) is 8.16. The molecule has 9 heteroatoms. The highest BCUT2D eigenvalue weighted by molar-refractivity contribution is 7.90. The lowest BCUT2D eigenvalue weighted by molar-refractivity contribution is 0.402. The third-order valence-corrected chi connectivity index (χ3v) is 7.34. The zero-order chi connectivity index (χ0) is 24.2. The fraction of sp³-hybridized carbons (Fsp3) is 0.280. The third kappa shape index (κ3) is 3.83. The Bertz CT molecular complexity index is 1680. The molecule has 0 unspecified atom stereocenters. The molecule has 2 aromatic heterocycles. The van der Waals surface area contributed by atoms with E-state index in [0.29, 0.717) is 11.3 Å². The fourth-order valence-corrected chi connectivity index (χ4v) is 4.97. The molecule has 4 aromatic rings. The Labute approximate surface area is 193 Å². The van der Waals surface area contributed by atoms with Gasteiger partial charge in [0.1, 0.15) is 26.4 Å². The highest BCUT2D eigenvalue weighted by Gasteiger charge is 2.28. The van der Waals surface area contributed by atoms with Gasteiger partial charge in [0.15, 0.2) is 11.6 Å². The van der Waals surface area contributed by atoms with Gasteiger partial charge in [-0.05, 0) is 55.0 Å². The van der Waals surface area contributed by atoms with Gasteiger partial charge in [-0.1, -0.05) is 18.6 Å². The van der Waals surface area contributed by atoms with Crippen molar-refractivity contribution in [3.05, 3.63) is 85.9 Å². The lowest BCUT2D eigenvalue weighted by Crippen LogP contribution is -2.29. The minimum Gasteiger partial charge on any atom is -0.456 e. The van der Waals surface area contributed by atoms with Crippen molar-refractivity contribution in [1.82, 2.24) is 4.57 Å². The zero-order valence-electron chi connectivity index (χ0n) is 18.3. The molecule has 0 N–H and O–H groups in total. The number of hydrogen-bond donors (Lipinski definition) is 0. The quantitative estimate of drug-likeness (QED) is 0.395. The SMILES string of the molecule is CS(=O)(=O)CCc1ccc2oc3cc(C4CCC4)n(-c4cccc(F)c4F)c(=O)c3c(=O)c2c1. The molecule has 0 bridgehead atoms. The molecule has 2 heterocycles. The van der Waals surface area contributed by atoms with Crippen molar-refractivity contribution in [3.63, 3.8) is 0 Å². The Morgan fingerprint density at radius 2 is 1.82 bits per heavy atom. The molecule has 6 nitrogen and oxygen atoms in total. The van der Waals surface area contributed by atoms with Gasteiger partial charge in [-0.3, -0.25) is 14.2 Å². The normalized spacial score (nSPS) is 14.6. The molecule has 1 aliphatic carbocycles. The maximum absolute atomic E-state index is 14.7. The lowest BCUT2D eigenvalue weighted by Gasteiger charge is -2.28. The first kappa shape index (κ1) is 22.5. The molecule has 0 atom stereocenters. The number of aromatic nitrogens is 1. The number of sulfone groups is 1. The smallest absolute Gasteiger partial charge is 0.270 e. The second-order valence-corrected chi connectivity index (χ2v) is 11.1. The Hall–Kier alpha value is -3.33. The number of nitrogens with zero attached hydrogens (tertiary/aromatic N) is 1. The van der Waals surface area contributed by atoms with Crippen molar-refractivity contribution in [2.24, 2.45) is 0 Å². The van der Waals surface area contributed by atoms with Gasteiger partial charge in [-0.15, -0.1) is 0 Å². The van der Waals surface area contributed by atoms with Crippen molar-refractivity contribution in [3.8, 4) is 5.69 Å². The molecule has 0 saturated heterocycles. The predicted molar refractivity (Wildman–Crippen MR) is 126 cm³/mol. The molecular weight excluding hydrogens is 464 g/mol. The number of pyridine rings is 1. The van der Waals surface area contributed by atoms with Gasteiger partial charge in [-0.2, -0.15) is 0 Å². The van der Waals surface area contributed by atoms with Gasteiger partial charge in [0.2, 0.25) is 5.43 Å². The van der Waals surface area contributed by atoms with Crippen LogP contribution in [-0.2, 0) is 16.3 Å². The van der Waals surface area contributed by atoms with Crippen LogP contribution in [-0.4, -0.2) is 25.0 Å².